The lowest BCUT2D eigenvalue weighted by molar-refractivity contribution is 0.0599. The van der Waals surface area contributed by atoms with E-state index >= 15 is 0 Å². The number of methoxy groups -OCH3 is 1. The zero-order chi connectivity index (χ0) is 17.4. The van der Waals surface area contributed by atoms with Gasteiger partial charge in [-0.25, -0.2) is 9.18 Å². The highest BCUT2D eigenvalue weighted by Crippen LogP contribution is 2.28. The molecule has 0 fully saturated rings. The number of halogens is 1. The van der Waals surface area contributed by atoms with Crippen molar-refractivity contribution in [2.75, 3.05) is 7.11 Å². The van der Waals surface area contributed by atoms with E-state index in [9.17, 15) is 9.18 Å². The minimum absolute atomic E-state index is 0.291. The first kappa shape index (κ1) is 16.0. The number of aromatic nitrogens is 2. The van der Waals surface area contributed by atoms with E-state index in [1.807, 2.05) is 6.92 Å². The van der Waals surface area contributed by atoms with E-state index in [-0.39, 0.29) is 5.82 Å². The van der Waals surface area contributed by atoms with Crippen LogP contribution in [-0.2, 0) is 11.8 Å². The topological polar surface area (TPSA) is 53.4 Å². The fourth-order valence-corrected chi connectivity index (χ4v) is 2.49. The third kappa shape index (κ3) is 2.71. The third-order valence-electron chi connectivity index (χ3n) is 3.94. The first-order valence-electron chi connectivity index (χ1n) is 7.40. The number of carbonyl (C=O) groups is 1. The Hall–Kier alpha value is -2.89. The Bertz CT molecular complexity index is 947. The molecule has 0 radical (unpaired) electrons. The molecule has 0 aliphatic heterocycles. The van der Waals surface area contributed by atoms with Gasteiger partial charge in [0.05, 0.1) is 23.7 Å². The summed E-state index contributed by atoms with van der Waals surface area (Å²) in [7, 11) is 3.08. The van der Waals surface area contributed by atoms with E-state index in [0.29, 0.717) is 33.9 Å². The molecule has 24 heavy (non-hydrogen) atoms. The summed E-state index contributed by atoms with van der Waals surface area (Å²) in [5.74, 6) is -0.266. The van der Waals surface area contributed by atoms with E-state index in [2.05, 4.69) is 4.98 Å². The molecule has 0 atom stereocenters. The predicted molar refractivity (Wildman–Crippen MR) is 88.0 cm³/mol. The van der Waals surface area contributed by atoms with Crippen molar-refractivity contribution in [1.29, 1.82) is 0 Å². The Morgan fingerprint density at radius 2 is 1.92 bits per heavy atom. The maximum absolute atomic E-state index is 13.8. The van der Waals surface area contributed by atoms with Gasteiger partial charge in [0.1, 0.15) is 11.6 Å². The van der Waals surface area contributed by atoms with Crippen molar-refractivity contribution in [2.45, 2.75) is 13.8 Å². The van der Waals surface area contributed by atoms with Crippen molar-refractivity contribution in [2.24, 2.45) is 7.05 Å². The van der Waals surface area contributed by atoms with Gasteiger partial charge in [0.25, 0.3) is 0 Å². The molecule has 3 aromatic rings. The van der Waals surface area contributed by atoms with Gasteiger partial charge in [0.2, 0.25) is 0 Å². The fraction of sp³-hybridized carbons (Fsp3) is 0.222. The van der Waals surface area contributed by atoms with Crippen LogP contribution in [0.3, 0.4) is 0 Å². The Morgan fingerprint density at radius 1 is 1.17 bits per heavy atom. The number of benzene rings is 2. The highest BCUT2D eigenvalue weighted by Gasteiger charge is 2.15. The van der Waals surface area contributed by atoms with Gasteiger partial charge in [-0.05, 0) is 43.2 Å². The molecular weight excluding hydrogens is 311 g/mol. The van der Waals surface area contributed by atoms with Gasteiger partial charge in [-0.15, -0.1) is 0 Å². The van der Waals surface area contributed by atoms with Crippen LogP contribution in [0.25, 0.3) is 11.0 Å². The monoisotopic (exact) mass is 328 g/mol. The Balaban J connectivity index is 2.01. The van der Waals surface area contributed by atoms with E-state index < -0.39 is 5.97 Å². The van der Waals surface area contributed by atoms with E-state index in [4.69, 9.17) is 9.47 Å². The molecule has 0 amide bonds. The van der Waals surface area contributed by atoms with Gasteiger partial charge in [-0.2, -0.15) is 4.98 Å². The molecule has 0 aliphatic rings. The molecule has 3 rings (SSSR count). The van der Waals surface area contributed by atoms with Crippen molar-refractivity contribution < 1.29 is 18.7 Å². The van der Waals surface area contributed by atoms with Crippen LogP contribution in [0, 0.1) is 19.7 Å². The van der Waals surface area contributed by atoms with Crippen LogP contribution in [0.5, 0.6) is 11.8 Å². The molecule has 1 heterocycles. The molecule has 0 unspecified atom stereocenters. The van der Waals surface area contributed by atoms with Gasteiger partial charge < -0.3 is 9.47 Å². The molecule has 0 aliphatic carbocycles. The smallest absolute Gasteiger partial charge is 0.338 e. The van der Waals surface area contributed by atoms with Crippen molar-refractivity contribution in [3.05, 3.63) is 52.8 Å². The standard InChI is InChI=1S/C18H17FN2O3/c1-10-5-6-12(8-13(10)17(22)23-4)24-18-20-15-7-11(2)14(19)9-16(15)21(18)3/h5-9H,1-4H3. The number of fused-ring (bicyclic) bond motifs is 1. The minimum Gasteiger partial charge on any atom is -0.465 e. The van der Waals surface area contributed by atoms with E-state index in [1.165, 1.54) is 13.2 Å². The summed E-state index contributed by atoms with van der Waals surface area (Å²) >= 11 is 0. The van der Waals surface area contributed by atoms with Crippen LogP contribution in [0.2, 0.25) is 0 Å². The number of hydrogen-bond acceptors (Lipinski definition) is 4. The third-order valence-corrected chi connectivity index (χ3v) is 3.94. The van der Waals surface area contributed by atoms with Gasteiger partial charge in [-0.1, -0.05) is 6.07 Å². The molecule has 0 saturated carbocycles. The van der Waals surface area contributed by atoms with Crippen LogP contribution in [0.4, 0.5) is 4.39 Å². The molecule has 2 aromatic carbocycles. The summed E-state index contributed by atoms with van der Waals surface area (Å²) in [6.45, 7) is 3.50. The number of esters is 1. The fourth-order valence-electron chi connectivity index (χ4n) is 2.49. The van der Waals surface area contributed by atoms with E-state index in [0.717, 1.165) is 5.56 Å². The number of carbonyl (C=O) groups excluding carboxylic acids is 1. The summed E-state index contributed by atoms with van der Waals surface area (Å²) in [5, 5.41) is 0. The zero-order valence-electron chi connectivity index (χ0n) is 13.9. The summed E-state index contributed by atoms with van der Waals surface area (Å²) < 4.78 is 26.0. The first-order chi connectivity index (χ1) is 11.4. The van der Waals surface area contributed by atoms with Gasteiger partial charge in [-0.3, -0.25) is 4.57 Å². The lowest BCUT2D eigenvalue weighted by atomic mass is 10.1. The van der Waals surface area contributed by atoms with E-state index in [1.54, 1.807) is 42.8 Å². The highest BCUT2D eigenvalue weighted by molar-refractivity contribution is 5.91. The van der Waals surface area contributed by atoms with Crippen molar-refractivity contribution >= 4 is 17.0 Å². The summed E-state index contributed by atoms with van der Waals surface area (Å²) in [4.78, 5) is 16.2. The van der Waals surface area contributed by atoms with Crippen LogP contribution in [0.15, 0.2) is 30.3 Å². The molecule has 6 heteroatoms. The summed E-state index contributed by atoms with van der Waals surface area (Å²) in [6.07, 6.45) is 0. The SMILES string of the molecule is COC(=O)c1cc(Oc2nc3cc(C)c(F)cc3n2C)ccc1C. The lowest BCUT2D eigenvalue weighted by Gasteiger charge is -2.08. The van der Waals surface area contributed by atoms with Crippen molar-refractivity contribution in [1.82, 2.24) is 9.55 Å². The lowest BCUT2D eigenvalue weighted by Crippen LogP contribution is -2.04. The molecule has 124 valence electrons. The second kappa shape index (κ2) is 5.96. The zero-order valence-corrected chi connectivity index (χ0v) is 13.9. The molecule has 0 saturated heterocycles. The number of imidazole rings is 1. The average molecular weight is 328 g/mol. The van der Waals surface area contributed by atoms with Gasteiger partial charge in [0.15, 0.2) is 0 Å². The minimum atomic E-state index is -0.430. The summed E-state index contributed by atoms with van der Waals surface area (Å²) in [5.41, 5.74) is 3.02. The number of rotatable bonds is 3. The molecular formula is C18H17FN2O3. The molecule has 0 N–H and O–H groups in total. The second-order valence-corrected chi connectivity index (χ2v) is 5.61. The van der Waals surface area contributed by atoms with Crippen LogP contribution < -0.4 is 4.74 Å². The van der Waals surface area contributed by atoms with Gasteiger partial charge in [0, 0.05) is 13.1 Å². The van der Waals surface area contributed by atoms with Gasteiger partial charge >= 0.3 is 12.0 Å². The maximum Gasteiger partial charge on any atom is 0.338 e. The molecule has 1 aromatic heterocycles. The largest absolute Gasteiger partial charge is 0.465 e. The second-order valence-electron chi connectivity index (χ2n) is 5.61. The Labute approximate surface area is 138 Å². The maximum atomic E-state index is 13.8. The van der Waals surface area contributed by atoms with Crippen molar-refractivity contribution in [3.63, 3.8) is 0 Å². The quantitative estimate of drug-likeness (QED) is 0.684. The normalized spacial score (nSPS) is 10.9. The van der Waals surface area contributed by atoms with Crippen molar-refractivity contribution in [3.8, 4) is 11.8 Å². The molecule has 5 nitrogen and oxygen atoms in total. The highest BCUT2D eigenvalue weighted by atomic mass is 19.1. The van der Waals surface area contributed by atoms with Crippen LogP contribution >= 0.6 is 0 Å². The molecule has 0 spiro atoms. The first-order valence-corrected chi connectivity index (χ1v) is 7.40. The Morgan fingerprint density at radius 3 is 2.62 bits per heavy atom. The summed E-state index contributed by atoms with van der Waals surface area (Å²) in [6, 6.07) is 8.54. The van der Waals surface area contributed by atoms with Crippen LogP contribution in [0.1, 0.15) is 21.5 Å². The number of hydrogen-bond donors (Lipinski definition) is 0. The number of nitrogens with zero attached hydrogens (tertiary/aromatic N) is 2. The Kier molecular flexibility index (Phi) is 3.97. The van der Waals surface area contributed by atoms with Crippen LogP contribution in [-0.4, -0.2) is 22.6 Å². The number of aryl methyl sites for hydroxylation is 3. The average Bonchev–Trinajstić information content (AvgIpc) is 2.85. The number of ether oxygens (including phenoxy) is 2. The predicted octanol–water partition coefficient (Wildman–Crippen LogP) is 3.91. The molecule has 0 bridgehead atoms.